The van der Waals surface area contributed by atoms with Gasteiger partial charge in [-0.05, 0) is 53.8 Å². The number of aryl methyl sites for hydroxylation is 1. The van der Waals surface area contributed by atoms with Crippen molar-refractivity contribution in [2.24, 2.45) is 0 Å². The van der Waals surface area contributed by atoms with E-state index in [0.29, 0.717) is 6.04 Å². The second-order valence-electron chi connectivity index (χ2n) is 4.17. The van der Waals surface area contributed by atoms with Crippen LogP contribution in [0.25, 0.3) is 0 Å². The van der Waals surface area contributed by atoms with E-state index in [1.807, 2.05) is 6.26 Å². The molecular formula is C13H19NOS. The van der Waals surface area contributed by atoms with E-state index in [0.717, 1.165) is 26.0 Å². The van der Waals surface area contributed by atoms with Crippen molar-refractivity contribution >= 4 is 11.3 Å². The van der Waals surface area contributed by atoms with Gasteiger partial charge in [-0.15, -0.1) is 0 Å². The molecule has 1 unspecified atom stereocenters. The fraction of sp³-hybridized carbons (Fsp3) is 0.538. The van der Waals surface area contributed by atoms with Crippen LogP contribution in [0.3, 0.4) is 0 Å². The predicted molar refractivity (Wildman–Crippen MR) is 68.7 cm³/mol. The second-order valence-corrected chi connectivity index (χ2v) is 4.91. The lowest BCUT2D eigenvalue weighted by Crippen LogP contribution is -2.24. The van der Waals surface area contributed by atoms with Crippen molar-refractivity contribution in [3.8, 4) is 0 Å². The number of rotatable bonds is 4. The normalized spacial score (nSPS) is 17.8. The van der Waals surface area contributed by atoms with Crippen molar-refractivity contribution in [2.75, 3.05) is 13.2 Å². The van der Waals surface area contributed by atoms with Crippen molar-refractivity contribution < 1.29 is 4.74 Å². The first-order valence-electron chi connectivity index (χ1n) is 5.89. The molecule has 2 rings (SSSR count). The SMILES string of the molecule is CCNC(C1=COCCC1)c1cscc1C. The zero-order valence-electron chi connectivity index (χ0n) is 9.95. The van der Waals surface area contributed by atoms with Gasteiger partial charge in [-0.25, -0.2) is 0 Å². The van der Waals surface area contributed by atoms with Gasteiger partial charge in [0.1, 0.15) is 0 Å². The van der Waals surface area contributed by atoms with E-state index in [4.69, 9.17) is 4.74 Å². The molecule has 1 atom stereocenters. The minimum atomic E-state index is 0.344. The maximum atomic E-state index is 5.45. The van der Waals surface area contributed by atoms with Crippen LogP contribution in [-0.4, -0.2) is 13.2 Å². The molecule has 2 heterocycles. The quantitative estimate of drug-likeness (QED) is 0.866. The Morgan fingerprint density at radius 3 is 2.94 bits per heavy atom. The Morgan fingerprint density at radius 2 is 2.38 bits per heavy atom. The third kappa shape index (κ3) is 2.47. The highest BCUT2D eigenvalue weighted by Crippen LogP contribution is 2.31. The number of thiophene rings is 1. The average molecular weight is 237 g/mol. The van der Waals surface area contributed by atoms with Crippen LogP contribution < -0.4 is 5.32 Å². The van der Waals surface area contributed by atoms with Crippen LogP contribution in [0, 0.1) is 6.92 Å². The van der Waals surface area contributed by atoms with Gasteiger partial charge in [0.05, 0.1) is 18.9 Å². The first-order chi connectivity index (χ1) is 7.83. The van der Waals surface area contributed by atoms with Gasteiger partial charge in [-0.2, -0.15) is 11.3 Å². The van der Waals surface area contributed by atoms with E-state index in [1.54, 1.807) is 11.3 Å². The van der Waals surface area contributed by atoms with Crippen LogP contribution in [0.4, 0.5) is 0 Å². The predicted octanol–water partition coefficient (Wildman–Crippen LogP) is 3.40. The highest BCUT2D eigenvalue weighted by Gasteiger charge is 2.20. The van der Waals surface area contributed by atoms with Crippen molar-refractivity contribution in [1.29, 1.82) is 0 Å². The molecule has 0 fully saturated rings. The summed E-state index contributed by atoms with van der Waals surface area (Å²) in [7, 11) is 0. The summed E-state index contributed by atoms with van der Waals surface area (Å²) < 4.78 is 5.45. The van der Waals surface area contributed by atoms with Crippen LogP contribution >= 0.6 is 11.3 Å². The summed E-state index contributed by atoms with van der Waals surface area (Å²) in [4.78, 5) is 0. The molecule has 2 nitrogen and oxygen atoms in total. The number of hydrogen-bond donors (Lipinski definition) is 1. The number of hydrogen-bond acceptors (Lipinski definition) is 3. The molecule has 1 aromatic heterocycles. The molecule has 0 saturated carbocycles. The zero-order valence-corrected chi connectivity index (χ0v) is 10.8. The van der Waals surface area contributed by atoms with E-state index in [-0.39, 0.29) is 0 Å². The molecule has 1 N–H and O–H groups in total. The topological polar surface area (TPSA) is 21.3 Å². The molecule has 0 bridgehead atoms. The Morgan fingerprint density at radius 1 is 1.50 bits per heavy atom. The Hall–Kier alpha value is -0.800. The summed E-state index contributed by atoms with van der Waals surface area (Å²) >= 11 is 1.78. The number of nitrogens with one attached hydrogen (secondary N) is 1. The molecule has 0 radical (unpaired) electrons. The van der Waals surface area contributed by atoms with Gasteiger partial charge in [0, 0.05) is 0 Å². The van der Waals surface area contributed by atoms with Crippen LogP contribution in [0.5, 0.6) is 0 Å². The molecule has 0 saturated heterocycles. The fourth-order valence-corrected chi connectivity index (χ4v) is 2.98. The van der Waals surface area contributed by atoms with Gasteiger partial charge in [-0.3, -0.25) is 0 Å². The van der Waals surface area contributed by atoms with Gasteiger partial charge in [-0.1, -0.05) is 6.92 Å². The van der Waals surface area contributed by atoms with Gasteiger partial charge >= 0.3 is 0 Å². The maximum absolute atomic E-state index is 5.45. The monoisotopic (exact) mass is 237 g/mol. The van der Waals surface area contributed by atoms with E-state index < -0.39 is 0 Å². The third-order valence-corrected chi connectivity index (χ3v) is 3.83. The standard InChI is InChI=1S/C13H19NOS/c1-3-14-13(11-5-4-6-15-7-11)12-9-16-8-10(12)2/h7-9,13-14H,3-6H2,1-2H3. The van der Waals surface area contributed by atoms with Crippen molar-refractivity contribution in [1.82, 2.24) is 5.32 Å². The molecule has 1 aliphatic heterocycles. The summed E-state index contributed by atoms with van der Waals surface area (Å²) in [6.07, 6.45) is 4.23. The maximum Gasteiger partial charge on any atom is 0.0876 e. The molecule has 3 heteroatoms. The molecule has 88 valence electrons. The number of likely N-dealkylation sites (N-methyl/N-ethyl adjacent to an activating group) is 1. The lowest BCUT2D eigenvalue weighted by Gasteiger charge is -2.24. The van der Waals surface area contributed by atoms with Gasteiger partial charge in [0.2, 0.25) is 0 Å². The lowest BCUT2D eigenvalue weighted by molar-refractivity contribution is 0.219. The van der Waals surface area contributed by atoms with E-state index >= 15 is 0 Å². The van der Waals surface area contributed by atoms with E-state index in [2.05, 4.69) is 29.9 Å². The first-order valence-corrected chi connectivity index (χ1v) is 6.83. The van der Waals surface area contributed by atoms with Crippen LogP contribution in [-0.2, 0) is 4.74 Å². The summed E-state index contributed by atoms with van der Waals surface area (Å²) in [5, 5.41) is 8.01. The van der Waals surface area contributed by atoms with Gasteiger partial charge in [0.15, 0.2) is 0 Å². The van der Waals surface area contributed by atoms with Crippen molar-refractivity contribution in [2.45, 2.75) is 32.7 Å². The molecule has 0 aromatic carbocycles. The van der Waals surface area contributed by atoms with Gasteiger partial charge in [0.25, 0.3) is 0 Å². The van der Waals surface area contributed by atoms with Crippen LogP contribution in [0.2, 0.25) is 0 Å². The number of ether oxygens (including phenoxy) is 1. The Balaban J connectivity index is 2.23. The van der Waals surface area contributed by atoms with Crippen LogP contribution in [0.15, 0.2) is 22.6 Å². The highest BCUT2D eigenvalue weighted by atomic mass is 32.1. The Labute approximate surface area is 101 Å². The van der Waals surface area contributed by atoms with Crippen molar-refractivity contribution in [3.63, 3.8) is 0 Å². The molecule has 1 aliphatic rings. The second kappa shape index (κ2) is 5.51. The summed E-state index contributed by atoms with van der Waals surface area (Å²) in [5.41, 5.74) is 4.17. The first kappa shape index (κ1) is 11.7. The van der Waals surface area contributed by atoms with E-state index in [9.17, 15) is 0 Å². The molecule has 0 aliphatic carbocycles. The lowest BCUT2D eigenvalue weighted by atomic mass is 9.95. The highest BCUT2D eigenvalue weighted by molar-refractivity contribution is 7.08. The molecule has 16 heavy (non-hydrogen) atoms. The smallest absolute Gasteiger partial charge is 0.0876 e. The third-order valence-electron chi connectivity index (χ3n) is 2.95. The largest absolute Gasteiger partial charge is 0.501 e. The summed E-state index contributed by atoms with van der Waals surface area (Å²) in [5.74, 6) is 0. The molecule has 0 spiro atoms. The zero-order chi connectivity index (χ0) is 11.4. The average Bonchev–Trinajstić information content (AvgIpc) is 2.73. The summed E-state index contributed by atoms with van der Waals surface area (Å²) in [6, 6.07) is 0.344. The minimum Gasteiger partial charge on any atom is -0.501 e. The van der Waals surface area contributed by atoms with Crippen molar-refractivity contribution in [3.05, 3.63) is 33.7 Å². The van der Waals surface area contributed by atoms with E-state index in [1.165, 1.54) is 16.7 Å². The van der Waals surface area contributed by atoms with Gasteiger partial charge < -0.3 is 10.1 Å². The Kier molecular flexibility index (Phi) is 4.02. The summed E-state index contributed by atoms with van der Waals surface area (Å²) in [6.45, 7) is 6.18. The molecular weight excluding hydrogens is 218 g/mol. The van der Waals surface area contributed by atoms with Crippen LogP contribution in [0.1, 0.15) is 36.9 Å². The fourth-order valence-electron chi connectivity index (χ4n) is 2.11. The Bertz CT molecular complexity index is 370. The molecule has 1 aromatic rings. The molecule has 0 amide bonds. The minimum absolute atomic E-state index is 0.344.